The van der Waals surface area contributed by atoms with Gasteiger partial charge in [-0.2, -0.15) is 0 Å². The van der Waals surface area contributed by atoms with Crippen molar-refractivity contribution in [2.24, 2.45) is 0 Å². The SMILES string of the molecule is COc1cncc(-c2ccc(C(=O)N[C@@H]3CNC[C@H]3O)cc2)c1. The van der Waals surface area contributed by atoms with E-state index in [-0.39, 0.29) is 11.9 Å². The third-order valence-electron chi connectivity index (χ3n) is 3.93. The summed E-state index contributed by atoms with van der Waals surface area (Å²) in [5.41, 5.74) is 2.44. The summed E-state index contributed by atoms with van der Waals surface area (Å²) in [6, 6.07) is 8.91. The Morgan fingerprint density at radius 3 is 2.70 bits per heavy atom. The van der Waals surface area contributed by atoms with Gasteiger partial charge in [0.05, 0.1) is 25.5 Å². The molecule has 1 aliphatic rings. The first kappa shape index (κ1) is 15.5. The summed E-state index contributed by atoms with van der Waals surface area (Å²) in [7, 11) is 1.60. The van der Waals surface area contributed by atoms with E-state index in [0.29, 0.717) is 24.4 Å². The highest BCUT2D eigenvalue weighted by Crippen LogP contribution is 2.22. The van der Waals surface area contributed by atoms with Gasteiger partial charge in [-0.05, 0) is 23.8 Å². The number of benzene rings is 1. The predicted molar refractivity (Wildman–Crippen MR) is 86.4 cm³/mol. The van der Waals surface area contributed by atoms with Gasteiger partial charge in [-0.25, -0.2) is 0 Å². The number of carbonyl (C=O) groups excluding carboxylic acids is 1. The Bertz CT molecular complexity index is 688. The van der Waals surface area contributed by atoms with Crippen molar-refractivity contribution >= 4 is 5.91 Å². The first-order chi connectivity index (χ1) is 11.2. The van der Waals surface area contributed by atoms with E-state index >= 15 is 0 Å². The average molecular weight is 313 g/mol. The molecule has 0 radical (unpaired) electrons. The molecule has 6 nitrogen and oxygen atoms in total. The lowest BCUT2D eigenvalue weighted by Crippen LogP contribution is -2.42. The lowest BCUT2D eigenvalue weighted by atomic mass is 10.0. The lowest BCUT2D eigenvalue weighted by molar-refractivity contribution is 0.0888. The molecule has 6 heteroatoms. The van der Waals surface area contributed by atoms with Crippen LogP contribution in [0.3, 0.4) is 0 Å². The predicted octanol–water partition coefficient (Wildman–Crippen LogP) is 0.820. The zero-order valence-corrected chi connectivity index (χ0v) is 12.8. The molecule has 23 heavy (non-hydrogen) atoms. The molecule has 3 N–H and O–H groups in total. The van der Waals surface area contributed by atoms with E-state index in [1.54, 1.807) is 31.6 Å². The number of carbonyl (C=O) groups is 1. The minimum atomic E-state index is -0.541. The number of nitrogens with one attached hydrogen (secondary N) is 2. The van der Waals surface area contributed by atoms with Gasteiger partial charge in [-0.3, -0.25) is 9.78 Å². The number of ether oxygens (including phenoxy) is 1. The van der Waals surface area contributed by atoms with Gasteiger partial charge in [0.25, 0.3) is 5.91 Å². The Morgan fingerprint density at radius 1 is 1.26 bits per heavy atom. The van der Waals surface area contributed by atoms with Crippen molar-refractivity contribution < 1.29 is 14.6 Å². The van der Waals surface area contributed by atoms with Gasteiger partial charge >= 0.3 is 0 Å². The number of methoxy groups -OCH3 is 1. The maximum Gasteiger partial charge on any atom is 0.251 e. The van der Waals surface area contributed by atoms with Crippen LogP contribution in [0, 0.1) is 0 Å². The zero-order chi connectivity index (χ0) is 16.2. The molecule has 1 aromatic carbocycles. The molecule has 0 unspecified atom stereocenters. The van der Waals surface area contributed by atoms with Crippen molar-refractivity contribution in [1.29, 1.82) is 0 Å². The van der Waals surface area contributed by atoms with Crippen molar-refractivity contribution in [3.63, 3.8) is 0 Å². The second-order valence-electron chi connectivity index (χ2n) is 5.50. The normalized spacial score (nSPS) is 20.3. The second kappa shape index (κ2) is 6.76. The minimum absolute atomic E-state index is 0.187. The molecule has 1 aromatic heterocycles. The van der Waals surface area contributed by atoms with Gasteiger partial charge in [0.15, 0.2) is 0 Å². The Balaban J connectivity index is 1.72. The van der Waals surface area contributed by atoms with Gasteiger partial charge in [0, 0.05) is 30.4 Å². The Morgan fingerprint density at radius 2 is 2.04 bits per heavy atom. The van der Waals surface area contributed by atoms with Crippen LogP contribution in [0.4, 0.5) is 0 Å². The molecule has 0 spiro atoms. The van der Waals surface area contributed by atoms with Crippen LogP contribution >= 0.6 is 0 Å². The van der Waals surface area contributed by atoms with Crippen molar-refractivity contribution in [3.05, 3.63) is 48.3 Å². The molecule has 2 heterocycles. The molecule has 1 fully saturated rings. The summed E-state index contributed by atoms with van der Waals surface area (Å²) < 4.78 is 5.17. The molecule has 3 rings (SSSR count). The fourth-order valence-electron chi connectivity index (χ4n) is 2.57. The number of amides is 1. The van der Waals surface area contributed by atoms with E-state index in [0.717, 1.165) is 11.1 Å². The van der Waals surface area contributed by atoms with Gasteiger partial charge in [-0.15, -0.1) is 0 Å². The van der Waals surface area contributed by atoms with Gasteiger partial charge < -0.3 is 20.5 Å². The third kappa shape index (κ3) is 3.49. The minimum Gasteiger partial charge on any atom is -0.495 e. The number of aliphatic hydroxyl groups excluding tert-OH is 1. The highest BCUT2D eigenvalue weighted by atomic mass is 16.5. The zero-order valence-electron chi connectivity index (χ0n) is 12.8. The van der Waals surface area contributed by atoms with Crippen molar-refractivity contribution in [2.45, 2.75) is 12.1 Å². The molecule has 1 saturated heterocycles. The summed E-state index contributed by atoms with van der Waals surface area (Å²) in [6.45, 7) is 1.09. The van der Waals surface area contributed by atoms with E-state index in [1.165, 1.54) is 0 Å². The lowest BCUT2D eigenvalue weighted by Gasteiger charge is -2.15. The molecule has 0 saturated carbocycles. The van der Waals surface area contributed by atoms with Crippen LogP contribution in [0.25, 0.3) is 11.1 Å². The number of β-amino-alcohol motifs (C(OH)–C–C–N with tert-alkyl or cyclic N) is 1. The number of aliphatic hydroxyl groups is 1. The summed E-state index contributed by atoms with van der Waals surface area (Å²) >= 11 is 0. The van der Waals surface area contributed by atoms with E-state index in [1.807, 2.05) is 18.2 Å². The van der Waals surface area contributed by atoms with Crippen LogP contribution < -0.4 is 15.4 Å². The van der Waals surface area contributed by atoms with Crippen LogP contribution in [0.15, 0.2) is 42.7 Å². The van der Waals surface area contributed by atoms with Crippen LogP contribution in [0.1, 0.15) is 10.4 Å². The summed E-state index contributed by atoms with van der Waals surface area (Å²) in [4.78, 5) is 16.3. The fraction of sp³-hybridized carbons (Fsp3) is 0.294. The first-order valence-electron chi connectivity index (χ1n) is 7.46. The Kier molecular flexibility index (Phi) is 4.55. The summed E-state index contributed by atoms with van der Waals surface area (Å²) in [5.74, 6) is 0.500. The Labute approximate surface area is 134 Å². The van der Waals surface area contributed by atoms with E-state index in [4.69, 9.17) is 4.74 Å². The number of hydrogen-bond donors (Lipinski definition) is 3. The van der Waals surface area contributed by atoms with Crippen LogP contribution in [-0.2, 0) is 0 Å². The highest BCUT2D eigenvalue weighted by molar-refractivity contribution is 5.95. The molecule has 1 aliphatic heterocycles. The largest absolute Gasteiger partial charge is 0.495 e. The van der Waals surface area contributed by atoms with Gasteiger partial charge in [0.2, 0.25) is 0 Å². The summed E-state index contributed by atoms with van der Waals surface area (Å²) in [5, 5.41) is 15.6. The van der Waals surface area contributed by atoms with E-state index in [9.17, 15) is 9.90 Å². The molecular weight excluding hydrogens is 294 g/mol. The number of nitrogens with zero attached hydrogens (tertiary/aromatic N) is 1. The van der Waals surface area contributed by atoms with Gasteiger partial charge in [-0.1, -0.05) is 12.1 Å². The van der Waals surface area contributed by atoms with Crippen molar-refractivity contribution in [1.82, 2.24) is 15.6 Å². The topological polar surface area (TPSA) is 83.5 Å². The number of aromatic nitrogens is 1. The summed E-state index contributed by atoms with van der Waals surface area (Å²) in [6.07, 6.45) is 2.85. The molecule has 2 atom stereocenters. The number of hydrogen-bond acceptors (Lipinski definition) is 5. The fourth-order valence-corrected chi connectivity index (χ4v) is 2.57. The Hall–Kier alpha value is -2.44. The quantitative estimate of drug-likeness (QED) is 0.778. The number of pyridine rings is 1. The molecule has 2 aromatic rings. The van der Waals surface area contributed by atoms with E-state index in [2.05, 4.69) is 15.6 Å². The van der Waals surface area contributed by atoms with Gasteiger partial charge in [0.1, 0.15) is 5.75 Å². The standard InChI is InChI=1S/C17H19N3O3/c1-23-14-6-13(7-18-8-14)11-2-4-12(5-3-11)17(22)20-15-9-19-10-16(15)21/h2-8,15-16,19,21H,9-10H2,1H3,(H,20,22)/t15-,16-/m1/s1. The molecule has 1 amide bonds. The molecule has 0 bridgehead atoms. The van der Waals surface area contributed by atoms with Crippen molar-refractivity contribution in [2.75, 3.05) is 20.2 Å². The monoisotopic (exact) mass is 313 g/mol. The average Bonchev–Trinajstić information content (AvgIpc) is 3.00. The smallest absolute Gasteiger partial charge is 0.251 e. The molecule has 0 aliphatic carbocycles. The van der Waals surface area contributed by atoms with Crippen LogP contribution in [0.2, 0.25) is 0 Å². The maximum absolute atomic E-state index is 12.2. The maximum atomic E-state index is 12.2. The third-order valence-corrected chi connectivity index (χ3v) is 3.93. The second-order valence-corrected chi connectivity index (χ2v) is 5.50. The molecular formula is C17H19N3O3. The van der Waals surface area contributed by atoms with Crippen LogP contribution in [-0.4, -0.2) is 48.3 Å². The van der Waals surface area contributed by atoms with Crippen LogP contribution in [0.5, 0.6) is 5.75 Å². The number of rotatable bonds is 4. The van der Waals surface area contributed by atoms with Crippen molar-refractivity contribution in [3.8, 4) is 16.9 Å². The molecule has 120 valence electrons. The first-order valence-corrected chi connectivity index (χ1v) is 7.46. The van der Waals surface area contributed by atoms with E-state index < -0.39 is 6.10 Å². The highest BCUT2D eigenvalue weighted by Gasteiger charge is 2.26.